The molecule has 156 valence electrons. The third kappa shape index (κ3) is 40.1. The van der Waals surface area contributed by atoms with Crippen LogP contribution in [-0.2, 0) is 22.4 Å². The first kappa shape index (κ1) is 29.6. The van der Waals surface area contributed by atoms with Crippen molar-refractivity contribution in [3.63, 3.8) is 0 Å². The number of hydrogen-bond donors (Lipinski definition) is 2. The number of rotatable bonds is 17. The van der Waals surface area contributed by atoms with E-state index in [2.05, 4.69) is 12.2 Å². The van der Waals surface area contributed by atoms with Crippen LogP contribution in [0.3, 0.4) is 0 Å². The zero-order valence-electron chi connectivity index (χ0n) is 16.1. The van der Waals surface area contributed by atoms with Gasteiger partial charge in [0.1, 0.15) is 0 Å². The van der Waals surface area contributed by atoms with Crippen molar-refractivity contribution >= 4 is 0 Å². The van der Waals surface area contributed by atoms with Crippen molar-refractivity contribution in [2.24, 2.45) is 5.73 Å². The van der Waals surface area contributed by atoms with Crippen LogP contribution in [0.2, 0.25) is 0 Å². The first-order chi connectivity index (χ1) is 11.6. The van der Waals surface area contributed by atoms with Crippen LogP contribution in [0.5, 0.6) is 0 Å². The number of hydrogen-bond acceptors (Lipinski definition) is 5. The maximum Gasteiger partial charge on any atom is 1.00 e. The molecule has 0 fully saturated rings. The SMILES string of the molecule is CCCCCCCCCCCCCCCCNCCN.O=[N+]([O-])[O-].[Ag+]. The van der Waals surface area contributed by atoms with Crippen LogP contribution in [0.1, 0.15) is 96.8 Å². The molecule has 0 aliphatic rings. The molecule has 6 nitrogen and oxygen atoms in total. The molecule has 0 heterocycles. The van der Waals surface area contributed by atoms with E-state index < -0.39 is 5.09 Å². The number of nitrogens with zero attached hydrogens (tertiary/aromatic N) is 1. The van der Waals surface area contributed by atoms with Crippen LogP contribution in [0.4, 0.5) is 0 Å². The summed E-state index contributed by atoms with van der Waals surface area (Å²) in [7, 11) is 0. The maximum atomic E-state index is 8.25. The van der Waals surface area contributed by atoms with Gasteiger partial charge in [-0.15, -0.1) is 0 Å². The minimum absolute atomic E-state index is 0. The van der Waals surface area contributed by atoms with Crippen molar-refractivity contribution in [3.8, 4) is 0 Å². The third-order valence-corrected chi connectivity index (χ3v) is 4.03. The first-order valence-electron chi connectivity index (χ1n) is 9.87. The summed E-state index contributed by atoms with van der Waals surface area (Å²) in [6.45, 7) is 5.17. The molecule has 0 bridgehead atoms. The van der Waals surface area contributed by atoms with Crippen molar-refractivity contribution in [2.75, 3.05) is 19.6 Å². The van der Waals surface area contributed by atoms with E-state index in [0.717, 1.165) is 19.6 Å². The Morgan fingerprint density at radius 3 is 1.36 bits per heavy atom. The third-order valence-electron chi connectivity index (χ3n) is 4.03. The van der Waals surface area contributed by atoms with Crippen molar-refractivity contribution in [2.45, 2.75) is 96.8 Å². The van der Waals surface area contributed by atoms with Gasteiger partial charge in [0.2, 0.25) is 0 Å². The average molecular weight is 454 g/mol. The van der Waals surface area contributed by atoms with E-state index in [0.29, 0.717) is 0 Å². The summed E-state index contributed by atoms with van der Waals surface area (Å²) in [6.07, 6.45) is 20.1. The Kier molecular flexibility index (Phi) is 33.9. The maximum absolute atomic E-state index is 8.25. The van der Waals surface area contributed by atoms with Gasteiger partial charge in [-0.25, -0.2) is 0 Å². The predicted octanol–water partition coefficient (Wildman–Crippen LogP) is 4.77. The van der Waals surface area contributed by atoms with E-state index in [1.165, 1.54) is 89.9 Å². The monoisotopic (exact) mass is 453 g/mol. The molecule has 0 atom stereocenters. The summed E-state index contributed by atoms with van der Waals surface area (Å²) in [5, 5.41) is 18.1. The normalized spacial score (nSPS) is 9.84. The number of unbranched alkanes of at least 4 members (excludes halogenated alkanes) is 13. The van der Waals surface area contributed by atoms with E-state index in [1.54, 1.807) is 0 Å². The Labute approximate surface area is 170 Å². The van der Waals surface area contributed by atoms with Crippen LogP contribution in [0.15, 0.2) is 0 Å². The van der Waals surface area contributed by atoms with Crippen LogP contribution < -0.4 is 11.1 Å². The Hall–Kier alpha value is -0.140. The van der Waals surface area contributed by atoms with Crippen LogP contribution in [0.25, 0.3) is 0 Å². The molecule has 0 unspecified atom stereocenters. The first-order valence-corrected chi connectivity index (χ1v) is 9.87. The molecule has 0 saturated carbocycles. The summed E-state index contributed by atoms with van der Waals surface area (Å²) < 4.78 is 0. The van der Waals surface area contributed by atoms with Crippen molar-refractivity contribution < 1.29 is 27.5 Å². The standard InChI is InChI=1S/C18H40N2.Ag.NO3/c1-2-3-4-5-6-7-8-9-10-11-12-13-14-15-17-20-18-16-19;;2-1(3)4/h20H,2-19H2,1H3;;/q;+1;-1. The quantitative estimate of drug-likeness (QED) is 0.143. The molecule has 0 aliphatic carbocycles. The summed E-state index contributed by atoms with van der Waals surface area (Å²) in [6, 6.07) is 0. The van der Waals surface area contributed by atoms with E-state index in [4.69, 9.17) is 21.1 Å². The van der Waals surface area contributed by atoms with Gasteiger partial charge in [-0.2, -0.15) is 0 Å². The number of nitrogens with two attached hydrogens (primary N) is 1. The molecular formula is C18H40AgN3O3. The Balaban J connectivity index is -0.000000867. The summed E-state index contributed by atoms with van der Waals surface area (Å²) >= 11 is 0. The second-order valence-electron chi connectivity index (χ2n) is 6.36. The molecule has 0 aliphatic heterocycles. The second-order valence-corrected chi connectivity index (χ2v) is 6.36. The minimum atomic E-state index is -1.75. The zero-order valence-corrected chi connectivity index (χ0v) is 17.6. The zero-order chi connectivity index (χ0) is 18.3. The van der Waals surface area contributed by atoms with Crippen LogP contribution in [-0.4, -0.2) is 24.7 Å². The van der Waals surface area contributed by atoms with Gasteiger partial charge in [-0.1, -0.05) is 90.4 Å². The van der Waals surface area contributed by atoms with Crippen molar-refractivity contribution in [1.82, 2.24) is 5.32 Å². The molecule has 0 rings (SSSR count). The van der Waals surface area contributed by atoms with Gasteiger partial charge in [-0.05, 0) is 13.0 Å². The van der Waals surface area contributed by atoms with Gasteiger partial charge in [0.05, 0.1) is 5.09 Å². The van der Waals surface area contributed by atoms with Crippen molar-refractivity contribution in [3.05, 3.63) is 15.3 Å². The Morgan fingerprint density at radius 2 is 1.04 bits per heavy atom. The van der Waals surface area contributed by atoms with Crippen LogP contribution in [0, 0.1) is 15.3 Å². The molecular weight excluding hydrogens is 414 g/mol. The molecule has 0 aromatic rings. The van der Waals surface area contributed by atoms with Gasteiger partial charge in [0.25, 0.3) is 0 Å². The summed E-state index contributed by atoms with van der Waals surface area (Å²) in [5.41, 5.74) is 5.43. The smallest absolute Gasteiger partial charge is 0.356 e. The molecule has 0 aromatic carbocycles. The molecule has 25 heavy (non-hydrogen) atoms. The Morgan fingerprint density at radius 1 is 0.720 bits per heavy atom. The topological polar surface area (TPSA) is 104 Å². The van der Waals surface area contributed by atoms with Crippen molar-refractivity contribution in [1.29, 1.82) is 0 Å². The van der Waals surface area contributed by atoms with Crippen LogP contribution >= 0.6 is 0 Å². The van der Waals surface area contributed by atoms with Gasteiger partial charge in [0.15, 0.2) is 0 Å². The molecule has 7 heteroatoms. The molecule has 0 radical (unpaired) electrons. The fourth-order valence-electron chi connectivity index (χ4n) is 2.67. The van der Waals surface area contributed by atoms with Gasteiger partial charge in [0, 0.05) is 13.1 Å². The average Bonchev–Trinajstić information content (AvgIpc) is 2.54. The molecule has 3 N–H and O–H groups in total. The summed E-state index contributed by atoms with van der Waals surface area (Å²) in [5.74, 6) is 0. The number of nitrogens with one attached hydrogen (secondary N) is 1. The van der Waals surface area contributed by atoms with E-state index >= 15 is 0 Å². The van der Waals surface area contributed by atoms with Gasteiger partial charge in [-0.3, -0.25) is 0 Å². The van der Waals surface area contributed by atoms with E-state index in [-0.39, 0.29) is 22.4 Å². The Bertz CT molecular complexity index is 226. The van der Waals surface area contributed by atoms with Gasteiger partial charge >= 0.3 is 22.4 Å². The van der Waals surface area contributed by atoms with E-state index in [9.17, 15) is 0 Å². The fourth-order valence-corrected chi connectivity index (χ4v) is 2.67. The molecule has 0 amide bonds. The fraction of sp³-hybridized carbons (Fsp3) is 1.00. The summed E-state index contributed by atoms with van der Waals surface area (Å²) in [4.78, 5) is 8.25. The minimum Gasteiger partial charge on any atom is -0.356 e. The molecule has 0 aromatic heterocycles. The predicted molar refractivity (Wildman–Crippen MR) is 103 cm³/mol. The second kappa shape index (κ2) is 28.7. The van der Waals surface area contributed by atoms with Gasteiger partial charge < -0.3 is 26.4 Å². The largest absolute Gasteiger partial charge is 1.00 e. The van der Waals surface area contributed by atoms with E-state index in [1.807, 2.05) is 0 Å². The molecule has 0 spiro atoms. The molecule has 0 saturated heterocycles.